The van der Waals surface area contributed by atoms with Gasteiger partial charge in [0.1, 0.15) is 5.25 Å². The van der Waals surface area contributed by atoms with E-state index >= 15 is 0 Å². The van der Waals surface area contributed by atoms with Gasteiger partial charge in [-0.3, -0.25) is 0 Å². The van der Waals surface area contributed by atoms with Crippen LogP contribution in [0, 0.1) is 0 Å². The van der Waals surface area contributed by atoms with Crippen molar-refractivity contribution < 1.29 is 18.3 Å². The molecule has 1 fully saturated rings. The molecule has 0 amide bonds. The molecule has 1 aliphatic rings. The van der Waals surface area contributed by atoms with Crippen molar-refractivity contribution in [3.8, 4) is 21.8 Å². The molecule has 36 heavy (non-hydrogen) atoms. The van der Waals surface area contributed by atoms with E-state index in [4.69, 9.17) is 26.5 Å². The van der Waals surface area contributed by atoms with Crippen LogP contribution in [-0.2, 0) is 14.8 Å². The van der Waals surface area contributed by atoms with Gasteiger partial charge in [0.05, 0.1) is 40.6 Å². The Hall–Kier alpha value is -2.35. The molecule has 4 rings (SSSR count). The molecule has 1 aromatic carbocycles. The predicted molar refractivity (Wildman–Crippen MR) is 143 cm³/mol. The number of anilines is 2. The Morgan fingerprint density at radius 2 is 2.03 bits per heavy atom. The van der Waals surface area contributed by atoms with Crippen LogP contribution in [0.2, 0.25) is 5.02 Å². The van der Waals surface area contributed by atoms with Gasteiger partial charge in [-0.25, -0.2) is 28.5 Å². The molecule has 0 bridgehead atoms. The minimum absolute atomic E-state index is 0.287. The van der Waals surface area contributed by atoms with E-state index in [2.05, 4.69) is 20.2 Å². The maximum absolute atomic E-state index is 12.3. The van der Waals surface area contributed by atoms with E-state index < -0.39 is 21.4 Å². The second-order valence-electron chi connectivity index (χ2n) is 8.46. The van der Waals surface area contributed by atoms with Gasteiger partial charge in [-0.1, -0.05) is 48.1 Å². The molecule has 10 nitrogen and oxygen atoms in total. The van der Waals surface area contributed by atoms with Crippen LogP contribution in [0.15, 0.2) is 30.5 Å². The maximum atomic E-state index is 12.3. The molecule has 3 heterocycles. The van der Waals surface area contributed by atoms with Crippen LogP contribution < -0.4 is 15.4 Å². The number of aliphatic hydroxyl groups is 1. The van der Waals surface area contributed by atoms with Gasteiger partial charge in [-0.2, -0.15) is 0 Å². The van der Waals surface area contributed by atoms with Gasteiger partial charge < -0.3 is 20.1 Å². The van der Waals surface area contributed by atoms with E-state index in [0.29, 0.717) is 66.3 Å². The van der Waals surface area contributed by atoms with E-state index in [1.54, 1.807) is 38.2 Å². The SMILES string of the molecule is CCC(c1cccc(-c2nc(N3CCOCC3)sc2-c2ccnc(NC[C@@H](C)O)n2)c1Cl)S(N)(=O)=O. The number of nitrogens with two attached hydrogens (primary N) is 1. The number of hydrogen-bond acceptors (Lipinski definition) is 10. The lowest BCUT2D eigenvalue weighted by molar-refractivity contribution is 0.122. The van der Waals surface area contributed by atoms with Crippen LogP contribution >= 0.6 is 22.9 Å². The quantitative estimate of drug-likeness (QED) is 0.364. The van der Waals surface area contributed by atoms with Gasteiger partial charge in [-0.15, -0.1) is 0 Å². The fraction of sp³-hybridized carbons (Fsp3) is 0.435. The van der Waals surface area contributed by atoms with Gasteiger partial charge in [0.15, 0.2) is 5.13 Å². The first-order chi connectivity index (χ1) is 17.2. The average Bonchev–Trinajstić information content (AvgIpc) is 3.29. The highest BCUT2D eigenvalue weighted by molar-refractivity contribution is 7.89. The first-order valence-corrected chi connectivity index (χ1v) is 14.4. The molecule has 3 aromatic rings. The molecule has 0 spiro atoms. The number of benzene rings is 1. The summed E-state index contributed by atoms with van der Waals surface area (Å²) in [6.45, 7) is 6.35. The minimum Gasteiger partial charge on any atom is -0.392 e. The Labute approximate surface area is 219 Å². The fourth-order valence-electron chi connectivity index (χ4n) is 3.97. The Balaban J connectivity index is 1.84. The maximum Gasteiger partial charge on any atom is 0.223 e. The molecule has 0 aliphatic carbocycles. The van der Waals surface area contributed by atoms with E-state index in [9.17, 15) is 13.5 Å². The molecule has 1 unspecified atom stereocenters. The number of aromatic nitrogens is 3. The van der Waals surface area contributed by atoms with Gasteiger partial charge in [0.25, 0.3) is 0 Å². The van der Waals surface area contributed by atoms with Crippen molar-refractivity contribution in [2.24, 2.45) is 5.14 Å². The monoisotopic (exact) mass is 552 g/mol. The third-order valence-electron chi connectivity index (χ3n) is 5.74. The van der Waals surface area contributed by atoms with Gasteiger partial charge in [0, 0.05) is 31.4 Å². The molecular weight excluding hydrogens is 524 g/mol. The van der Waals surface area contributed by atoms with Crippen LogP contribution in [0.4, 0.5) is 11.1 Å². The molecular formula is C23H29ClN6O4S2. The van der Waals surface area contributed by atoms with Crippen LogP contribution in [0.5, 0.6) is 0 Å². The average molecular weight is 553 g/mol. The van der Waals surface area contributed by atoms with Crippen LogP contribution in [-0.4, -0.2) is 67.4 Å². The highest BCUT2D eigenvalue weighted by atomic mass is 35.5. The summed E-state index contributed by atoms with van der Waals surface area (Å²) in [6.07, 6.45) is 1.36. The van der Waals surface area contributed by atoms with Crippen molar-refractivity contribution in [2.45, 2.75) is 31.6 Å². The first kappa shape index (κ1) is 26.7. The summed E-state index contributed by atoms with van der Waals surface area (Å²) in [7, 11) is -3.86. The van der Waals surface area contributed by atoms with E-state index in [1.165, 1.54) is 11.3 Å². The molecule has 13 heteroatoms. The lowest BCUT2D eigenvalue weighted by Gasteiger charge is -2.26. The van der Waals surface area contributed by atoms with Gasteiger partial charge >= 0.3 is 0 Å². The number of ether oxygens (including phenoxy) is 1. The number of primary sulfonamides is 1. The highest BCUT2D eigenvalue weighted by Gasteiger charge is 2.28. The van der Waals surface area contributed by atoms with E-state index in [-0.39, 0.29) is 6.42 Å². The summed E-state index contributed by atoms with van der Waals surface area (Å²) in [5.41, 5.74) is 2.26. The summed E-state index contributed by atoms with van der Waals surface area (Å²) in [5.74, 6) is 0.376. The third kappa shape index (κ3) is 5.96. The molecule has 1 saturated heterocycles. The number of nitrogens with one attached hydrogen (secondary N) is 1. The fourth-order valence-corrected chi connectivity index (χ4v) is 6.50. The third-order valence-corrected chi connectivity index (χ3v) is 8.68. The Bertz CT molecular complexity index is 1310. The smallest absolute Gasteiger partial charge is 0.223 e. The number of morpholine rings is 1. The Morgan fingerprint density at radius 1 is 1.28 bits per heavy atom. The summed E-state index contributed by atoms with van der Waals surface area (Å²) >= 11 is 8.30. The van der Waals surface area contributed by atoms with Crippen molar-refractivity contribution in [1.82, 2.24) is 15.0 Å². The van der Waals surface area contributed by atoms with Crippen molar-refractivity contribution >= 4 is 44.0 Å². The number of thiazole rings is 1. The lowest BCUT2D eigenvalue weighted by Crippen LogP contribution is -2.36. The highest BCUT2D eigenvalue weighted by Crippen LogP contribution is 2.44. The van der Waals surface area contributed by atoms with Crippen LogP contribution in [0.3, 0.4) is 0 Å². The molecule has 4 N–H and O–H groups in total. The molecule has 0 radical (unpaired) electrons. The number of nitrogens with zero attached hydrogens (tertiary/aromatic N) is 4. The van der Waals surface area contributed by atoms with Crippen molar-refractivity contribution in [1.29, 1.82) is 0 Å². The summed E-state index contributed by atoms with van der Waals surface area (Å²) < 4.78 is 30.0. The second-order valence-corrected chi connectivity index (χ2v) is 11.6. The minimum atomic E-state index is -3.86. The summed E-state index contributed by atoms with van der Waals surface area (Å²) in [4.78, 5) is 16.7. The first-order valence-electron chi connectivity index (χ1n) is 11.6. The van der Waals surface area contributed by atoms with E-state index in [1.807, 2.05) is 6.07 Å². The molecule has 194 valence electrons. The van der Waals surface area contributed by atoms with Gasteiger partial charge in [-0.05, 0) is 25.0 Å². The summed E-state index contributed by atoms with van der Waals surface area (Å²) in [6, 6.07) is 7.04. The molecule has 2 aromatic heterocycles. The van der Waals surface area contributed by atoms with Crippen molar-refractivity contribution in [3.05, 3.63) is 41.0 Å². The van der Waals surface area contributed by atoms with Crippen molar-refractivity contribution in [3.63, 3.8) is 0 Å². The molecule has 2 atom stereocenters. The van der Waals surface area contributed by atoms with E-state index in [0.717, 1.165) is 10.0 Å². The van der Waals surface area contributed by atoms with Crippen molar-refractivity contribution in [2.75, 3.05) is 43.1 Å². The topological polar surface area (TPSA) is 144 Å². The number of halogens is 1. The summed E-state index contributed by atoms with van der Waals surface area (Å²) in [5, 5.41) is 18.3. The number of sulfonamides is 1. The van der Waals surface area contributed by atoms with Gasteiger partial charge in [0.2, 0.25) is 16.0 Å². The second kappa shape index (κ2) is 11.4. The Morgan fingerprint density at radius 3 is 2.69 bits per heavy atom. The number of hydrogen-bond donors (Lipinski definition) is 3. The number of aliphatic hydroxyl groups excluding tert-OH is 1. The largest absolute Gasteiger partial charge is 0.392 e. The molecule has 1 aliphatic heterocycles. The molecule has 0 saturated carbocycles. The Kier molecular flexibility index (Phi) is 8.43. The predicted octanol–water partition coefficient (Wildman–Crippen LogP) is 3.29. The zero-order valence-electron chi connectivity index (χ0n) is 20.0. The zero-order chi connectivity index (χ0) is 25.9. The standard InChI is InChI=1S/C23H29ClN6O4S2/c1-3-18(36(25,32)33)15-5-4-6-16(19(15)24)20-21(35-23(29-20)30-9-11-34-12-10-30)17-7-8-26-22(28-17)27-13-14(2)31/h4-8,14,18,31H,3,9-13H2,1-2H3,(H2,25,32,33)(H,26,27,28)/t14-,18?/m1/s1. The zero-order valence-corrected chi connectivity index (χ0v) is 22.4. The number of rotatable bonds is 9. The lowest BCUT2D eigenvalue weighted by atomic mass is 10.0. The van der Waals surface area contributed by atoms with Crippen LogP contribution in [0.25, 0.3) is 21.8 Å². The normalized spacial score (nSPS) is 16.1. The van der Waals surface area contributed by atoms with Crippen LogP contribution in [0.1, 0.15) is 31.1 Å².